The fraction of sp³-hybridized carbons (Fsp3) is 0.615. The van der Waals surface area contributed by atoms with E-state index in [1.54, 1.807) is 6.07 Å². The lowest BCUT2D eigenvalue weighted by atomic mass is 10.1. The SMILES string of the molecule is CCC1CCN(c2ncc(F)cc2CNC)C1. The van der Waals surface area contributed by atoms with Crippen LogP contribution in [-0.4, -0.2) is 25.1 Å². The van der Waals surface area contributed by atoms with Crippen LogP contribution < -0.4 is 10.2 Å². The summed E-state index contributed by atoms with van der Waals surface area (Å²) in [5.41, 5.74) is 0.948. The minimum absolute atomic E-state index is 0.259. The third-order valence-corrected chi connectivity index (χ3v) is 3.44. The first-order valence-electron chi connectivity index (χ1n) is 6.28. The number of nitrogens with zero attached hydrogens (tertiary/aromatic N) is 2. The number of nitrogens with one attached hydrogen (secondary N) is 1. The third kappa shape index (κ3) is 2.75. The van der Waals surface area contributed by atoms with Crippen LogP contribution in [-0.2, 0) is 6.54 Å². The Hall–Kier alpha value is -1.16. The van der Waals surface area contributed by atoms with Crippen molar-refractivity contribution in [2.24, 2.45) is 5.92 Å². The number of hydrogen-bond donors (Lipinski definition) is 1. The van der Waals surface area contributed by atoms with Crippen LogP contribution in [0.2, 0.25) is 0 Å². The predicted molar refractivity (Wildman–Crippen MR) is 67.6 cm³/mol. The lowest BCUT2D eigenvalue weighted by Crippen LogP contribution is -2.23. The molecule has 0 aliphatic carbocycles. The van der Waals surface area contributed by atoms with E-state index in [0.29, 0.717) is 6.54 Å². The Labute approximate surface area is 102 Å². The van der Waals surface area contributed by atoms with Crippen LogP contribution in [0.25, 0.3) is 0 Å². The van der Waals surface area contributed by atoms with Crippen molar-refractivity contribution in [1.82, 2.24) is 10.3 Å². The zero-order valence-corrected chi connectivity index (χ0v) is 10.5. The molecule has 2 rings (SSSR count). The number of pyridine rings is 1. The van der Waals surface area contributed by atoms with Crippen molar-refractivity contribution >= 4 is 5.82 Å². The Morgan fingerprint density at radius 1 is 1.59 bits per heavy atom. The summed E-state index contributed by atoms with van der Waals surface area (Å²) < 4.78 is 13.2. The molecule has 0 bridgehead atoms. The molecule has 0 radical (unpaired) electrons. The zero-order chi connectivity index (χ0) is 12.3. The van der Waals surface area contributed by atoms with Crippen LogP contribution in [0.1, 0.15) is 25.3 Å². The monoisotopic (exact) mass is 237 g/mol. The van der Waals surface area contributed by atoms with E-state index < -0.39 is 0 Å². The van der Waals surface area contributed by atoms with Crippen LogP contribution in [0, 0.1) is 11.7 Å². The highest BCUT2D eigenvalue weighted by molar-refractivity contribution is 5.47. The van der Waals surface area contributed by atoms with Crippen molar-refractivity contribution in [1.29, 1.82) is 0 Å². The van der Waals surface area contributed by atoms with Gasteiger partial charge in [0.1, 0.15) is 11.6 Å². The standard InChI is InChI=1S/C13H20FN3/c1-3-10-4-5-17(9-10)13-11(7-15-2)6-12(14)8-16-13/h6,8,10,15H,3-5,7,9H2,1-2H3. The van der Waals surface area contributed by atoms with E-state index in [9.17, 15) is 4.39 Å². The minimum Gasteiger partial charge on any atom is -0.356 e. The number of rotatable bonds is 4. The molecule has 1 unspecified atom stereocenters. The third-order valence-electron chi connectivity index (χ3n) is 3.44. The fourth-order valence-electron chi connectivity index (χ4n) is 2.44. The molecule has 1 atom stereocenters. The van der Waals surface area contributed by atoms with E-state index in [2.05, 4.69) is 22.1 Å². The maximum Gasteiger partial charge on any atom is 0.141 e. The molecule has 1 N–H and O–H groups in total. The number of hydrogen-bond acceptors (Lipinski definition) is 3. The Morgan fingerprint density at radius 3 is 3.06 bits per heavy atom. The van der Waals surface area contributed by atoms with Crippen molar-refractivity contribution < 1.29 is 4.39 Å². The summed E-state index contributed by atoms with van der Waals surface area (Å²) in [7, 11) is 1.87. The molecule has 1 aromatic rings. The second kappa shape index (κ2) is 5.45. The summed E-state index contributed by atoms with van der Waals surface area (Å²) in [6.07, 6.45) is 3.74. The Balaban J connectivity index is 2.19. The second-order valence-corrected chi connectivity index (χ2v) is 4.68. The van der Waals surface area contributed by atoms with Crippen molar-refractivity contribution in [3.05, 3.63) is 23.6 Å². The summed E-state index contributed by atoms with van der Waals surface area (Å²) in [4.78, 5) is 6.54. The largest absolute Gasteiger partial charge is 0.356 e. The lowest BCUT2D eigenvalue weighted by Gasteiger charge is -2.20. The van der Waals surface area contributed by atoms with Gasteiger partial charge in [0.05, 0.1) is 6.20 Å². The van der Waals surface area contributed by atoms with Gasteiger partial charge in [-0.2, -0.15) is 0 Å². The molecule has 1 aromatic heterocycles. The summed E-state index contributed by atoms with van der Waals surface area (Å²) in [6.45, 7) is 4.97. The van der Waals surface area contributed by atoms with Gasteiger partial charge in [0, 0.05) is 25.2 Å². The maximum absolute atomic E-state index is 13.2. The fourth-order valence-corrected chi connectivity index (χ4v) is 2.44. The van der Waals surface area contributed by atoms with E-state index in [-0.39, 0.29) is 5.82 Å². The molecule has 1 aliphatic heterocycles. The second-order valence-electron chi connectivity index (χ2n) is 4.68. The van der Waals surface area contributed by atoms with E-state index in [1.165, 1.54) is 19.0 Å². The van der Waals surface area contributed by atoms with Crippen LogP contribution in [0.3, 0.4) is 0 Å². The van der Waals surface area contributed by atoms with Crippen LogP contribution in [0.15, 0.2) is 12.3 Å². The van der Waals surface area contributed by atoms with Crippen molar-refractivity contribution in [2.75, 3.05) is 25.0 Å². The minimum atomic E-state index is -0.259. The van der Waals surface area contributed by atoms with Crippen molar-refractivity contribution in [2.45, 2.75) is 26.3 Å². The van der Waals surface area contributed by atoms with E-state index in [1.807, 2.05) is 7.05 Å². The summed E-state index contributed by atoms with van der Waals surface area (Å²) in [5, 5.41) is 3.07. The Morgan fingerprint density at radius 2 is 2.41 bits per heavy atom. The van der Waals surface area contributed by atoms with Gasteiger partial charge in [-0.1, -0.05) is 13.3 Å². The smallest absolute Gasteiger partial charge is 0.141 e. The molecular formula is C13H20FN3. The number of halogens is 1. The normalized spacial score (nSPS) is 19.9. The van der Waals surface area contributed by atoms with Gasteiger partial charge in [-0.15, -0.1) is 0 Å². The molecular weight excluding hydrogens is 217 g/mol. The van der Waals surface area contributed by atoms with Gasteiger partial charge in [-0.25, -0.2) is 9.37 Å². The predicted octanol–water partition coefficient (Wildman–Crippen LogP) is 2.18. The Bertz CT molecular complexity index is 381. The van der Waals surface area contributed by atoms with Crippen molar-refractivity contribution in [3.8, 4) is 0 Å². The first-order valence-corrected chi connectivity index (χ1v) is 6.28. The first kappa shape index (κ1) is 12.3. The lowest BCUT2D eigenvalue weighted by molar-refractivity contribution is 0.568. The molecule has 0 aromatic carbocycles. The van der Waals surface area contributed by atoms with E-state index >= 15 is 0 Å². The van der Waals surface area contributed by atoms with Gasteiger partial charge < -0.3 is 10.2 Å². The molecule has 1 aliphatic rings. The molecule has 1 saturated heterocycles. The van der Waals surface area contributed by atoms with Gasteiger partial charge in [0.2, 0.25) is 0 Å². The summed E-state index contributed by atoms with van der Waals surface area (Å²) in [5.74, 6) is 1.44. The quantitative estimate of drug-likeness (QED) is 0.870. The van der Waals surface area contributed by atoms with Gasteiger partial charge >= 0.3 is 0 Å². The average molecular weight is 237 g/mol. The molecule has 94 valence electrons. The molecule has 0 amide bonds. The maximum atomic E-state index is 13.2. The van der Waals surface area contributed by atoms with E-state index in [0.717, 1.165) is 30.4 Å². The highest BCUT2D eigenvalue weighted by atomic mass is 19.1. The average Bonchev–Trinajstić information content (AvgIpc) is 2.78. The molecule has 4 heteroatoms. The molecule has 17 heavy (non-hydrogen) atoms. The Kier molecular flexibility index (Phi) is 3.94. The highest BCUT2D eigenvalue weighted by Crippen LogP contribution is 2.26. The molecule has 2 heterocycles. The molecule has 0 saturated carbocycles. The summed E-state index contributed by atoms with van der Waals surface area (Å²) >= 11 is 0. The summed E-state index contributed by atoms with van der Waals surface area (Å²) in [6, 6.07) is 1.58. The first-order chi connectivity index (χ1) is 8.24. The van der Waals surface area contributed by atoms with Crippen LogP contribution in [0.5, 0.6) is 0 Å². The van der Waals surface area contributed by atoms with Gasteiger partial charge in [0.15, 0.2) is 0 Å². The van der Waals surface area contributed by atoms with Gasteiger partial charge in [-0.05, 0) is 25.5 Å². The van der Waals surface area contributed by atoms with Crippen molar-refractivity contribution in [3.63, 3.8) is 0 Å². The molecule has 3 nitrogen and oxygen atoms in total. The van der Waals surface area contributed by atoms with E-state index in [4.69, 9.17) is 0 Å². The molecule has 0 spiro atoms. The van der Waals surface area contributed by atoms with Gasteiger partial charge in [0.25, 0.3) is 0 Å². The van der Waals surface area contributed by atoms with Gasteiger partial charge in [-0.3, -0.25) is 0 Å². The zero-order valence-electron chi connectivity index (χ0n) is 10.5. The number of aromatic nitrogens is 1. The topological polar surface area (TPSA) is 28.2 Å². The molecule has 1 fully saturated rings. The van der Waals surface area contributed by atoms with Crippen LogP contribution in [0.4, 0.5) is 10.2 Å². The highest BCUT2D eigenvalue weighted by Gasteiger charge is 2.23. The van der Waals surface area contributed by atoms with Crippen LogP contribution >= 0.6 is 0 Å². The number of anilines is 1.